The van der Waals surface area contributed by atoms with Crippen molar-refractivity contribution < 1.29 is 4.74 Å². The number of halogens is 1. The van der Waals surface area contributed by atoms with Crippen LogP contribution < -0.4 is 15.4 Å². The molecule has 1 aromatic carbocycles. The van der Waals surface area contributed by atoms with Gasteiger partial charge in [-0.1, -0.05) is 12.1 Å². The number of aliphatic imine (C=N–C) groups is 1. The quantitative estimate of drug-likeness (QED) is 0.359. The van der Waals surface area contributed by atoms with Crippen molar-refractivity contribution in [1.29, 1.82) is 0 Å². The normalized spacial score (nSPS) is 12.3. The fourth-order valence-electron chi connectivity index (χ4n) is 3.00. The van der Waals surface area contributed by atoms with Gasteiger partial charge in [0.05, 0.1) is 12.3 Å². The molecule has 150 valence electrons. The van der Waals surface area contributed by atoms with E-state index in [1.54, 1.807) is 7.05 Å². The molecular weight excluding hydrogens is 453 g/mol. The average molecular weight is 485 g/mol. The van der Waals surface area contributed by atoms with Crippen LogP contribution >= 0.6 is 24.0 Å². The van der Waals surface area contributed by atoms with Gasteiger partial charge in [0.2, 0.25) is 0 Å². The van der Waals surface area contributed by atoms with Crippen LogP contribution in [0, 0.1) is 13.8 Å². The Balaban J connectivity index is 0.00000364. The van der Waals surface area contributed by atoms with Crippen LogP contribution in [0.15, 0.2) is 29.3 Å². The highest BCUT2D eigenvalue weighted by Crippen LogP contribution is 2.14. The van der Waals surface area contributed by atoms with E-state index in [0.717, 1.165) is 29.4 Å². The molecule has 1 unspecified atom stereocenters. The number of hydrogen-bond acceptors (Lipinski definition) is 3. The van der Waals surface area contributed by atoms with Crippen LogP contribution in [0.4, 0.5) is 0 Å². The number of ether oxygens (including phenoxy) is 1. The van der Waals surface area contributed by atoms with Gasteiger partial charge in [0.1, 0.15) is 5.75 Å². The van der Waals surface area contributed by atoms with Gasteiger partial charge in [-0.3, -0.25) is 9.67 Å². The van der Waals surface area contributed by atoms with E-state index in [-0.39, 0.29) is 30.0 Å². The summed E-state index contributed by atoms with van der Waals surface area (Å²) in [5.74, 6) is 1.68. The van der Waals surface area contributed by atoms with Crippen molar-refractivity contribution in [1.82, 2.24) is 20.4 Å². The fourth-order valence-corrected chi connectivity index (χ4v) is 3.00. The lowest BCUT2D eigenvalue weighted by Gasteiger charge is -2.18. The van der Waals surface area contributed by atoms with Gasteiger partial charge in [-0.05, 0) is 57.4 Å². The second-order valence-corrected chi connectivity index (χ2v) is 6.53. The van der Waals surface area contributed by atoms with Crippen LogP contribution in [0.1, 0.15) is 36.4 Å². The third kappa shape index (κ3) is 6.71. The van der Waals surface area contributed by atoms with Gasteiger partial charge in [-0.15, -0.1) is 24.0 Å². The second-order valence-electron chi connectivity index (χ2n) is 6.53. The smallest absolute Gasteiger partial charge is 0.191 e. The second kappa shape index (κ2) is 11.2. The van der Waals surface area contributed by atoms with Crippen molar-refractivity contribution in [2.24, 2.45) is 12.0 Å². The lowest BCUT2D eigenvalue weighted by atomic mass is 10.1. The summed E-state index contributed by atoms with van der Waals surface area (Å²) in [6.07, 6.45) is 0.909. The molecule has 1 heterocycles. The van der Waals surface area contributed by atoms with Gasteiger partial charge in [0, 0.05) is 32.4 Å². The van der Waals surface area contributed by atoms with Crippen LogP contribution in [0.2, 0.25) is 0 Å². The van der Waals surface area contributed by atoms with E-state index in [1.165, 1.54) is 11.3 Å². The standard InChI is InChI=1S/C20H31N5O.HI/c1-7-26-18-10-8-9-17(12-18)13-22-20(21-5)23-14(2)11-19-15(3)24-25(6)16(19)4;/h8-10,12,14H,7,11,13H2,1-6H3,(H2,21,22,23);1H. The first-order chi connectivity index (χ1) is 12.4. The number of guanidine groups is 1. The van der Waals surface area contributed by atoms with Gasteiger partial charge in [0.15, 0.2) is 5.96 Å². The maximum atomic E-state index is 5.55. The summed E-state index contributed by atoms with van der Waals surface area (Å²) >= 11 is 0. The lowest BCUT2D eigenvalue weighted by Crippen LogP contribution is -2.42. The van der Waals surface area contributed by atoms with Crippen LogP contribution in [0.25, 0.3) is 0 Å². The van der Waals surface area contributed by atoms with E-state index in [4.69, 9.17) is 4.74 Å². The zero-order valence-corrected chi connectivity index (χ0v) is 19.5. The average Bonchev–Trinajstić information content (AvgIpc) is 2.85. The highest BCUT2D eigenvalue weighted by molar-refractivity contribution is 14.0. The molecule has 0 saturated carbocycles. The first kappa shape index (κ1) is 23.3. The number of aromatic nitrogens is 2. The van der Waals surface area contributed by atoms with Gasteiger partial charge >= 0.3 is 0 Å². The summed E-state index contributed by atoms with van der Waals surface area (Å²) < 4.78 is 7.49. The molecule has 27 heavy (non-hydrogen) atoms. The molecule has 1 aromatic heterocycles. The molecule has 0 radical (unpaired) electrons. The number of nitrogens with zero attached hydrogens (tertiary/aromatic N) is 3. The zero-order chi connectivity index (χ0) is 19.1. The predicted octanol–water partition coefficient (Wildman–Crippen LogP) is 3.35. The fraction of sp³-hybridized carbons (Fsp3) is 0.500. The van der Waals surface area contributed by atoms with E-state index in [1.807, 2.05) is 30.8 Å². The topological polar surface area (TPSA) is 63.5 Å². The van der Waals surface area contributed by atoms with E-state index in [2.05, 4.69) is 53.6 Å². The summed E-state index contributed by atoms with van der Waals surface area (Å²) in [5, 5.41) is 11.3. The maximum Gasteiger partial charge on any atom is 0.191 e. The Hall–Kier alpha value is -1.77. The van der Waals surface area contributed by atoms with Gasteiger partial charge in [-0.2, -0.15) is 5.10 Å². The zero-order valence-electron chi connectivity index (χ0n) is 17.2. The molecule has 0 aliphatic carbocycles. The molecule has 0 bridgehead atoms. The molecule has 0 saturated heterocycles. The largest absolute Gasteiger partial charge is 0.494 e. The minimum absolute atomic E-state index is 0. The molecular formula is C20H32IN5O. The molecule has 0 amide bonds. The first-order valence-corrected chi connectivity index (χ1v) is 9.12. The molecule has 2 aromatic rings. The Morgan fingerprint density at radius 1 is 1.33 bits per heavy atom. The Morgan fingerprint density at radius 2 is 2.07 bits per heavy atom. The molecule has 0 aliphatic heterocycles. The Kier molecular flexibility index (Phi) is 9.62. The number of rotatable bonds is 7. The summed E-state index contributed by atoms with van der Waals surface area (Å²) in [4.78, 5) is 4.34. The third-order valence-corrected chi connectivity index (χ3v) is 4.45. The van der Waals surface area contributed by atoms with Crippen LogP contribution in [0.5, 0.6) is 5.75 Å². The van der Waals surface area contributed by atoms with E-state index in [9.17, 15) is 0 Å². The van der Waals surface area contributed by atoms with Crippen molar-refractivity contribution in [3.05, 3.63) is 46.8 Å². The minimum Gasteiger partial charge on any atom is -0.494 e. The molecule has 0 fully saturated rings. The first-order valence-electron chi connectivity index (χ1n) is 9.12. The molecule has 1 atom stereocenters. The lowest BCUT2D eigenvalue weighted by molar-refractivity contribution is 0.340. The molecule has 2 rings (SSSR count). The summed E-state index contributed by atoms with van der Waals surface area (Å²) in [5.41, 5.74) is 4.76. The van der Waals surface area contributed by atoms with E-state index < -0.39 is 0 Å². The molecule has 0 aliphatic rings. The van der Waals surface area contributed by atoms with Crippen molar-refractivity contribution in [2.75, 3.05) is 13.7 Å². The number of aryl methyl sites for hydroxylation is 2. The Morgan fingerprint density at radius 3 is 2.67 bits per heavy atom. The van der Waals surface area contributed by atoms with Gasteiger partial charge in [-0.25, -0.2) is 0 Å². The van der Waals surface area contributed by atoms with Gasteiger partial charge in [0.25, 0.3) is 0 Å². The minimum atomic E-state index is 0. The highest BCUT2D eigenvalue weighted by Gasteiger charge is 2.14. The third-order valence-electron chi connectivity index (χ3n) is 4.45. The van der Waals surface area contributed by atoms with Crippen molar-refractivity contribution >= 4 is 29.9 Å². The maximum absolute atomic E-state index is 5.55. The Bertz CT molecular complexity index is 757. The molecule has 6 nitrogen and oxygen atoms in total. The number of benzene rings is 1. The number of hydrogen-bond donors (Lipinski definition) is 2. The van der Waals surface area contributed by atoms with Crippen molar-refractivity contribution in [3.63, 3.8) is 0 Å². The summed E-state index contributed by atoms with van der Waals surface area (Å²) in [7, 11) is 3.78. The van der Waals surface area contributed by atoms with Crippen molar-refractivity contribution in [3.8, 4) is 5.75 Å². The SMILES string of the molecule is CCOc1cccc(CNC(=NC)NC(C)Cc2c(C)nn(C)c2C)c1.I. The highest BCUT2D eigenvalue weighted by atomic mass is 127. The number of nitrogens with one attached hydrogen (secondary N) is 2. The van der Waals surface area contributed by atoms with Crippen molar-refractivity contribution in [2.45, 2.75) is 46.7 Å². The van der Waals surface area contributed by atoms with Crippen LogP contribution in [0.3, 0.4) is 0 Å². The molecule has 7 heteroatoms. The molecule has 0 spiro atoms. The summed E-state index contributed by atoms with van der Waals surface area (Å²) in [6.45, 7) is 9.69. The Labute approximate surface area is 179 Å². The van der Waals surface area contributed by atoms with Gasteiger partial charge < -0.3 is 15.4 Å². The predicted molar refractivity (Wildman–Crippen MR) is 122 cm³/mol. The van der Waals surface area contributed by atoms with E-state index in [0.29, 0.717) is 13.2 Å². The monoisotopic (exact) mass is 485 g/mol. The summed E-state index contributed by atoms with van der Waals surface area (Å²) in [6, 6.07) is 8.36. The van der Waals surface area contributed by atoms with E-state index >= 15 is 0 Å². The van der Waals surface area contributed by atoms with Crippen LogP contribution in [-0.2, 0) is 20.0 Å². The van der Waals surface area contributed by atoms with Crippen LogP contribution in [-0.4, -0.2) is 35.4 Å². The molecule has 2 N–H and O–H groups in total.